The number of para-hydroxylation sites is 4. The lowest BCUT2D eigenvalue weighted by atomic mass is 10.0. The van der Waals surface area contributed by atoms with E-state index in [0.717, 1.165) is 39.1 Å². The summed E-state index contributed by atoms with van der Waals surface area (Å²) >= 11 is 0. The standard InChI is InChI=1S/C52H33N5/c1-3-13-34(14-4-1)37-32-53-52(54-33-37)57-48-22-12-9-19-42(48)45-30-44-41-18-8-11-21-47(41)56(50(44)31-51(45)57)39-26-23-35(24-27-39)36-25-28-49-43(29-36)40-17-7-10-20-46(40)55(49)38-15-5-2-6-16-38/h1-33H. The van der Waals surface area contributed by atoms with Gasteiger partial charge in [0.05, 0.1) is 33.1 Å². The van der Waals surface area contributed by atoms with Crippen molar-refractivity contribution in [3.05, 3.63) is 200 Å². The van der Waals surface area contributed by atoms with Crippen molar-refractivity contribution in [3.8, 4) is 39.6 Å². The molecule has 0 fully saturated rings. The minimum atomic E-state index is 0.649. The number of hydrogen-bond acceptors (Lipinski definition) is 2. The third-order valence-electron chi connectivity index (χ3n) is 11.6. The fraction of sp³-hybridized carbons (Fsp3) is 0. The van der Waals surface area contributed by atoms with E-state index >= 15 is 0 Å². The molecule has 0 spiro atoms. The molecule has 5 heteroatoms. The first-order valence-corrected chi connectivity index (χ1v) is 19.3. The van der Waals surface area contributed by atoms with E-state index in [2.05, 4.69) is 184 Å². The maximum atomic E-state index is 4.94. The minimum absolute atomic E-state index is 0.649. The van der Waals surface area contributed by atoms with Crippen LogP contribution in [0.4, 0.5) is 0 Å². The molecule has 4 aromatic heterocycles. The average Bonchev–Trinajstić information content (AvgIpc) is 3.91. The molecule has 0 N–H and O–H groups in total. The molecule has 0 aliphatic heterocycles. The van der Waals surface area contributed by atoms with Gasteiger partial charge in [-0.3, -0.25) is 4.57 Å². The van der Waals surface area contributed by atoms with Gasteiger partial charge in [0.2, 0.25) is 5.95 Å². The maximum Gasteiger partial charge on any atom is 0.234 e. The molecule has 12 aromatic rings. The maximum absolute atomic E-state index is 4.94. The Balaban J connectivity index is 1.01. The van der Waals surface area contributed by atoms with Gasteiger partial charge in [-0.25, -0.2) is 9.97 Å². The SMILES string of the molecule is c1ccc(-c2cnc(-n3c4ccccc4c4cc5c6ccccc6n(-c6ccc(-c7ccc8c(c7)c7ccccc7n8-c7ccccc7)cc6)c5cc43)nc2)cc1. The molecular weight excluding hydrogens is 695 g/mol. The summed E-state index contributed by atoms with van der Waals surface area (Å²) in [6, 6.07) is 67.5. The van der Waals surface area contributed by atoms with E-state index in [-0.39, 0.29) is 0 Å². The molecule has 0 unspecified atom stereocenters. The van der Waals surface area contributed by atoms with Crippen molar-refractivity contribution in [1.29, 1.82) is 0 Å². The van der Waals surface area contributed by atoms with E-state index in [1.54, 1.807) is 0 Å². The molecule has 0 aliphatic rings. The lowest BCUT2D eigenvalue weighted by molar-refractivity contribution is 0.990. The summed E-state index contributed by atoms with van der Waals surface area (Å²) in [5.74, 6) is 0.649. The van der Waals surface area contributed by atoms with Crippen LogP contribution >= 0.6 is 0 Å². The van der Waals surface area contributed by atoms with Gasteiger partial charge in [-0.15, -0.1) is 0 Å². The molecule has 0 saturated heterocycles. The van der Waals surface area contributed by atoms with E-state index in [4.69, 9.17) is 9.97 Å². The monoisotopic (exact) mass is 727 g/mol. The topological polar surface area (TPSA) is 40.6 Å². The number of fused-ring (bicyclic) bond motifs is 9. The highest BCUT2D eigenvalue weighted by Gasteiger charge is 2.20. The lowest BCUT2D eigenvalue weighted by Gasteiger charge is -2.11. The van der Waals surface area contributed by atoms with Gasteiger partial charge in [0.25, 0.3) is 0 Å². The molecule has 0 aliphatic carbocycles. The van der Waals surface area contributed by atoms with Crippen molar-refractivity contribution in [2.45, 2.75) is 0 Å². The molecular formula is C52H33N5. The second kappa shape index (κ2) is 12.4. The Morgan fingerprint density at radius 2 is 0.702 bits per heavy atom. The van der Waals surface area contributed by atoms with Crippen LogP contribution in [0.3, 0.4) is 0 Å². The number of benzene rings is 8. The lowest BCUT2D eigenvalue weighted by Crippen LogP contribution is -2.01. The zero-order valence-electron chi connectivity index (χ0n) is 30.8. The van der Waals surface area contributed by atoms with Crippen LogP contribution < -0.4 is 0 Å². The van der Waals surface area contributed by atoms with Crippen molar-refractivity contribution >= 4 is 65.4 Å². The molecule has 5 nitrogen and oxygen atoms in total. The third-order valence-corrected chi connectivity index (χ3v) is 11.6. The van der Waals surface area contributed by atoms with Gasteiger partial charge in [-0.1, -0.05) is 121 Å². The normalized spacial score (nSPS) is 11.9. The summed E-state index contributed by atoms with van der Waals surface area (Å²) in [6.45, 7) is 0. The van der Waals surface area contributed by atoms with E-state index in [1.807, 2.05) is 30.6 Å². The minimum Gasteiger partial charge on any atom is -0.309 e. The van der Waals surface area contributed by atoms with Gasteiger partial charge in [0.1, 0.15) is 0 Å². The Hall–Kier alpha value is -7.76. The molecule has 0 radical (unpaired) electrons. The summed E-state index contributed by atoms with van der Waals surface area (Å²) in [7, 11) is 0. The largest absolute Gasteiger partial charge is 0.309 e. The first-order chi connectivity index (χ1) is 28.3. The quantitative estimate of drug-likeness (QED) is 0.177. The number of nitrogens with zero attached hydrogens (tertiary/aromatic N) is 5. The molecule has 0 bridgehead atoms. The zero-order chi connectivity index (χ0) is 37.5. The van der Waals surface area contributed by atoms with Crippen LogP contribution in [0.5, 0.6) is 0 Å². The zero-order valence-corrected chi connectivity index (χ0v) is 30.8. The molecule has 0 amide bonds. The van der Waals surface area contributed by atoms with Gasteiger partial charge >= 0.3 is 0 Å². The van der Waals surface area contributed by atoms with Crippen molar-refractivity contribution < 1.29 is 0 Å². The Bertz CT molecular complexity index is 3480. The van der Waals surface area contributed by atoms with Crippen LogP contribution in [-0.4, -0.2) is 23.7 Å². The van der Waals surface area contributed by atoms with E-state index < -0.39 is 0 Å². The summed E-state index contributed by atoms with van der Waals surface area (Å²) in [4.78, 5) is 9.87. The Morgan fingerprint density at radius 1 is 0.263 bits per heavy atom. The van der Waals surface area contributed by atoms with Gasteiger partial charge < -0.3 is 9.13 Å². The van der Waals surface area contributed by atoms with Crippen molar-refractivity contribution in [2.75, 3.05) is 0 Å². The van der Waals surface area contributed by atoms with Crippen molar-refractivity contribution in [3.63, 3.8) is 0 Å². The predicted octanol–water partition coefficient (Wildman–Crippen LogP) is 13.1. The number of aromatic nitrogens is 5. The molecule has 4 heterocycles. The van der Waals surface area contributed by atoms with Crippen LogP contribution in [0.1, 0.15) is 0 Å². The summed E-state index contributed by atoms with van der Waals surface area (Å²) in [5, 5.41) is 7.29. The van der Waals surface area contributed by atoms with Crippen LogP contribution in [0, 0.1) is 0 Å². The van der Waals surface area contributed by atoms with Crippen molar-refractivity contribution in [1.82, 2.24) is 23.7 Å². The van der Waals surface area contributed by atoms with E-state index in [1.165, 1.54) is 60.0 Å². The van der Waals surface area contributed by atoms with Crippen LogP contribution in [0.25, 0.3) is 105 Å². The molecule has 57 heavy (non-hydrogen) atoms. The van der Waals surface area contributed by atoms with Gasteiger partial charge in [-0.05, 0) is 83.4 Å². The number of rotatable bonds is 5. The smallest absolute Gasteiger partial charge is 0.234 e. The van der Waals surface area contributed by atoms with E-state index in [0.29, 0.717) is 5.95 Å². The van der Waals surface area contributed by atoms with Crippen LogP contribution in [0.2, 0.25) is 0 Å². The predicted molar refractivity (Wildman–Crippen MR) is 236 cm³/mol. The van der Waals surface area contributed by atoms with E-state index in [9.17, 15) is 0 Å². The summed E-state index contributed by atoms with van der Waals surface area (Å²) in [6.07, 6.45) is 3.85. The molecule has 0 atom stereocenters. The first-order valence-electron chi connectivity index (χ1n) is 19.3. The van der Waals surface area contributed by atoms with Gasteiger partial charge in [0.15, 0.2) is 0 Å². The fourth-order valence-electron chi connectivity index (χ4n) is 8.95. The summed E-state index contributed by atoms with van der Waals surface area (Å²) < 4.78 is 6.96. The fourth-order valence-corrected chi connectivity index (χ4v) is 8.95. The second-order valence-electron chi connectivity index (χ2n) is 14.7. The number of hydrogen-bond donors (Lipinski definition) is 0. The second-order valence-corrected chi connectivity index (χ2v) is 14.7. The molecule has 0 saturated carbocycles. The van der Waals surface area contributed by atoms with Crippen molar-refractivity contribution in [2.24, 2.45) is 0 Å². The highest BCUT2D eigenvalue weighted by Crippen LogP contribution is 2.40. The Labute approximate surface area is 328 Å². The highest BCUT2D eigenvalue weighted by molar-refractivity contribution is 6.19. The molecule has 12 rings (SSSR count). The first kappa shape index (κ1) is 31.6. The molecule has 8 aromatic carbocycles. The Kier molecular flexibility index (Phi) is 6.86. The Morgan fingerprint density at radius 3 is 1.33 bits per heavy atom. The summed E-state index contributed by atoms with van der Waals surface area (Å²) in [5.41, 5.74) is 13.6. The van der Waals surface area contributed by atoms with Crippen LogP contribution in [0.15, 0.2) is 200 Å². The average molecular weight is 728 g/mol. The van der Waals surface area contributed by atoms with Gasteiger partial charge in [-0.2, -0.15) is 0 Å². The highest BCUT2D eigenvalue weighted by atomic mass is 15.2. The van der Waals surface area contributed by atoms with Crippen LogP contribution in [-0.2, 0) is 0 Å². The molecule has 266 valence electrons. The van der Waals surface area contributed by atoms with Gasteiger partial charge in [0, 0.05) is 61.6 Å². The third kappa shape index (κ3) is 4.82.